The zero-order chi connectivity index (χ0) is 27.9. The fourth-order valence-electron chi connectivity index (χ4n) is 2.72. The highest BCUT2D eigenvalue weighted by atomic mass is 32.1. The summed E-state index contributed by atoms with van der Waals surface area (Å²) in [6.07, 6.45) is -1.95. The molecule has 0 aliphatic heterocycles. The fourth-order valence-corrected chi connectivity index (χ4v) is 3.41. The van der Waals surface area contributed by atoms with Crippen LogP contribution in [0, 0.1) is 11.3 Å². The molecular weight excluding hydrogens is 522 g/mol. The molecule has 38 heavy (non-hydrogen) atoms. The monoisotopic (exact) mass is 547 g/mol. The predicted octanol–water partition coefficient (Wildman–Crippen LogP) is 5.05. The molecule has 0 unspecified atom stereocenters. The average molecular weight is 548 g/mol. The predicted molar refractivity (Wildman–Crippen MR) is 132 cm³/mol. The molecule has 0 aliphatic rings. The Morgan fingerprint density at radius 2 is 1.42 bits per heavy atom. The maximum Gasteiger partial charge on any atom is 0.514 e. The van der Waals surface area contributed by atoms with Crippen molar-refractivity contribution >= 4 is 41.8 Å². The summed E-state index contributed by atoms with van der Waals surface area (Å²) in [4.78, 5) is 49.6. The second-order valence-corrected chi connectivity index (χ2v) is 7.87. The van der Waals surface area contributed by atoms with Crippen molar-refractivity contribution in [3.63, 3.8) is 0 Å². The molecule has 2 rings (SSSR count). The molecule has 0 saturated heterocycles. The topological polar surface area (TPSA) is 157 Å². The SMILES string of the molecule is CCOC(=O)Oc1cc(C=C(C#N)C(=O)OCCc2cccs2)cc(OC(=O)OCC)c1OC(=O)OCC. The van der Waals surface area contributed by atoms with Crippen LogP contribution < -0.4 is 14.2 Å². The number of esters is 1. The number of hydrogen-bond donors (Lipinski definition) is 0. The van der Waals surface area contributed by atoms with Crippen LogP contribution in [0.15, 0.2) is 35.2 Å². The van der Waals surface area contributed by atoms with Crippen molar-refractivity contribution in [2.45, 2.75) is 27.2 Å². The van der Waals surface area contributed by atoms with Gasteiger partial charge >= 0.3 is 24.4 Å². The van der Waals surface area contributed by atoms with Crippen LogP contribution in [-0.2, 0) is 30.2 Å². The molecular formula is C25H25NO11S. The number of carbonyl (C=O) groups excluding carboxylic acids is 4. The molecule has 0 bridgehead atoms. The van der Waals surface area contributed by atoms with E-state index in [-0.39, 0.29) is 32.0 Å². The van der Waals surface area contributed by atoms with E-state index < -0.39 is 47.3 Å². The summed E-state index contributed by atoms with van der Waals surface area (Å²) in [6, 6.07) is 7.79. The first-order valence-corrected chi connectivity index (χ1v) is 12.2. The summed E-state index contributed by atoms with van der Waals surface area (Å²) < 4.78 is 34.8. The largest absolute Gasteiger partial charge is 0.514 e. The Kier molecular flexibility index (Phi) is 12.1. The van der Waals surface area contributed by atoms with Gasteiger partial charge in [-0.25, -0.2) is 19.2 Å². The number of benzene rings is 1. The van der Waals surface area contributed by atoms with Gasteiger partial charge in [-0.1, -0.05) is 6.07 Å². The Labute approximate surface area is 222 Å². The number of carbonyl (C=O) groups is 4. The van der Waals surface area contributed by atoms with E-state index in [1.807, 2.05) is 17.5 Å². The normalized spacial score (nSPS) is 10.5. The van der Waals surface area contributed by atoms with Gasteiger partial charge in [-0.2, -0.15) is 5.26 Å². The van der Waals surface area contributed by atoms with Crippen LogP contribution in [0.2, 0.25) is 0 Å². The van der Waals surface area contributed by atoms with Crippen molar-refractivity contribution < 1.29 is 52.3 Å². The molecule has 0 spiro atoms. The van der Waals surface area contributed by atoms with Gasteiger partial charge in [-0.05, 0) is 56.0 Å². The van der Waals surface area contributed by atoms with Crippen molar-refractivity contribution in [3.05, 3.63) is 45.7 Å². The maximum absolute atomic E-state index is 12.5. The highest BCUT2D eigenvalue weighted by Crippen LogP contribution is 2.40. The van der Waals surface area contributed by atoms with Crippen molar-refractivity contribution in [2.24, 2.45) is 0 Å². The van der Waals surface area contributed by atoms with Gasteiger partial charge in [0.25, 0.3) is 0 Å². The van der Waals surface area contributed by atoms with Gasteiger partial charge in [0.2, 0.25) is 5.75 Å². The molecule has 13 heteroatoms. The summed E-state index contributed by atoms with van der Waals surface area (Å²) in [6.45, 7) is 4.54. The van der Waals surface area contributed by atoms with Crippen molar-refractivity contribution in [1.29, 1.82) is 5.26 Å². The van der Waals surface area contributed by atoms with Crippen LogP contribution in [0.3, 0.4) is 0 Å². The first-order chi connectivity index (χ1) is 18.3. The zero-order valence-corrected chi connectivity index (χ0v) is 21.7. The average Bonchev–Trinajstić information content (AvgIpc) is 3.38. The van der Waals surface area contributed by atoms with Crippen LogP contribution in [0.5, 0.6) is 17.2 Å². The molecule has 202 valence electrons. The van der Waals surface area contributed by atoms with E-state index in [0.717, 1.165) is 23.1 Å². The lowest BCUT2D eigenvalue weighted by molar-refractivity contribution is -0.138. The van der Waals surface area contributed by atoms with Gasteiger partial charge in [0.15, 0.2) is 11.5 Å². The molecule has 1 heterocycles. The third kappa shape index (κ3) is 9.47. The Morgan fingerprint density at radius 1 is 0.868 bits per heavy atom. The van der Waals surface area contributed by atoms with Crippen LogP contribution >= 0.6 is 11.3 Å². The Morgan fingerprint density at radius 3 is 1.89 bits per heavy atom. The van der Waals surface area contributed by atoms with E-state index in [2.05, 4.69) is 0 Å². The lowest BCUT2D eigenvalue weighted by atomic mass is 10.1. The number of rotatable bonds is 11. The number of hydrogen-bond acceptors (Lipinski definition) is 13. The van der Waals surface area contributed by atoms with E-state index >= 15 is 0 Å². The molecule has 0 fully saturated rings. The minimum Gasteiger partial charge on any atom is -0.461 e. The van der Waals surface area contributed by atoms with E-state index in [9.17, 15) is 24.4 Å². The molecule has 0 saturated carbocycles. The number of nitriles is 1. The van der Waals surface area contributed by atoms with Crippen LogP contribution in [0.25, 0.3) is 6.08 Å². The highest BCUT2D eigenvalue weighted by molar-refractivity contribution is 7.09. The Hall–Kier alpha value is -4.57. The smallest absolute Gasteiger partial charge is 0.461 e. The van der Waals surface area contributed by atoms with E-state index in [1.165, 1.54) is 32.1 Å². The van der Waals surface area contributed by atoms with Gasteiger partial charge in [0.05, 0.1) is 26.4 Å². The summed E-state index contributed by atoms with van der Waals surface area (Å²) in [5.41, 5.74) is -0.356. The number of ether oxygens (including phenoxy) is 7. The standard InChI is InChI=1S/C25H25NO11S/c1-4-31-23(28)35-19-13-16(12-17(15-26)22(27)34-10-9-18-8-7-11-38-18)14-20(36-24(29)32-5-2)21(19)37-25(30)33-6-3/h7-8,11-14H,4-6,9-10H2,1-3H3. The molecule has 1 aromatic heterocycles. The van der Waals surface area contributed by atoms with Gasteiger partial charge in [0, 0.05) is 11.3 Å². The van der Waals surface area contributed by atoms with E-state index in [0.29, 0.717) is 6.42 Å². The lowest BCUT2D eigenvalue weighted by Crippen LogP contribution is -2.17. The number of nitrogens with zero attached hydrogens (tertiary/aromatic N) is 1. The van der Waals surface area contributed by atoms with Gasteiger partial charge in [-0.15, -0.1) is 11.3 Å². The molecule has 2 aromatic rings. The maximum atomic E-state index is 12.5. The Balaban J connectivity index is 2.46. The molecule has 0 atom stereocenters. The first-order valence-electron chi connectivity index (χ1n) is 11.3. The quantitative estimate of drug-likeness (QED) is 0.121. The van der Waals surface area contributed by atoms with Gasteiger partial charge in [0.1, 0.15) is 11.6 Å². The third-order valence-corrected chi connectivity index (χ3v) is 5.15. The van der Waals surface area contributed by atoms with E-state index in [4.69, 9.17) is 33.2 Å². The minimum atomic E-state index is -1.19. The lowest BCUT2D eigenvalue weighted by Gasteiger charge is -2.15. The summed E-state index contributed by atoms with van der Waals surface area (Å²) in [7, 11) is 0. The van der Waals surface area contributed by atoms with Crippen molar-refractivity contribution in [3.8, 4) is 23.3 Å². The molecule has 0 N–H and O–H groups in total. The second-order valence-electron chi connectivity index (χ2n) is 6.84. The third-order valence-electron chi connectivity index (χ3n) is 4.21. The van der Waals surface area contributed by atoms with E-state index in [1.54, 1.807) is 6.07 Å². The zero-order valence-electron chi connectivity index (χ0n) is 20.8. The highest BCUT2D eigenvalue weighted by Gasteiger charge is 2.24. The first kappa shape index (κ1) is 29.7. The van der Waals surface area contributed by atoms with Crippen LogP contribution in [-0.4, -0.2) is 50.9 Å². The van der Waals surface area contributed by atoms with Crippen LogP contribution in [0.4, 0.5) is 14.4 Å². The fraction of sp³-hybridized carbons (Fsp3) is 0.320. The molecule has 12 nitrogen and oxygen atoms in total. The summed E-state index contributed by atoms with van der Waals surface area (Å²) in [5, 5.41) is 11.4. The van der Waals surface area contributed by atoms with Crippen molar-refractivity contribution in [1.82, 2.24) is 0 Å². The summed E-state index contributed by atoms with van der Waals surface area (Å²) in [5.74, 6) is -2.30. The molecule has 0 aliphatic carbocycles. The second kappa shape index (κ2) is 15.5. The van der Waals surface area contributed by atoms with Gasteiger partial charge in [-0.3, -0.25) is 0 Å². The molecule has 0 amide bonds. The van der Waals surface area contributed by atoms with Crippen LogP contribution in [0.1, 0.15) is 31.2 Å². The Bertz CT molecular complexity index is 1160. The van der Waals surface area contributed by atoms with Crippen molar-refractivity contribution in [2.75, 3.05) is 26.4 Å². The molecule has 1 aromatic carbocycles. The summed E-state index contributed by atoms with van der Waals surface area (Å²) >= 11 is 1.50. The molecule has 0 radical (unpaired) electrons. The minimum absolute atomic E-state index is 0.0332. The number of thiophene rings is 1. The van der Waals surface area contributed by atoms with Gasteiger partial charge < -0.3 is 33.2 Å².